The number of hydrogen-bond acceptors (Lipinski definition) is 4. The van der Waals surface area contributed by atoms with Gasteiger partial charge in [-0.1, -0.05) is 6.07 Å². The first-order chi connectivity index (χ1) is 7.27. The molecule has 0 bridgehead atoms. The summed E-state index contributed by atoms with van der Waals surface area (Å²) < 4.78 is 4.89. The minimum Gasteiger partial charge on any atom is -0.468 e. The number of hydrogen-bond donors (Lipinski definition) is 1. The first-order valence-corrected chi connectivity index (χ1v) is 6.01. The number of esters is 1. The fourth-order valence-electron chi connectivity index (χ4n) is 2.11. The summed E-state index contributed by atoms with van der Waals surface area (Å²) in [5.74, 6) is -0.131. The Morgan fingerprint density at radius 1 is 1.73 bits per heavy atom. The number of thiophene rings is 1. The molecule has 1 aromatic rings. The lowest BCUT2D eigenvalue weighted by atomic mass is 9.92. The van der Waals surface area contributed by atoms with Crippen molar-refractivity contribution in [1.29, 1.82) is 0 Å². The van der Waals surface area contributed by atoms with Crippen molar-refractivity contribution in [2.24, 2.45) is 0 Å². The molecular weight excluding hydrogens is 210 g/mol. The summed E-state index contributed by atoms with van der Waals surface area (Å²) in [6.07, 6.45) is 2.66. The SMILES string of the molecule is COC(=O)C1(Cc2cccs2)CCCN1. The molecule has 1 aromatic heterocycles. The molecule has 0 radical (unpaired) electrons. The second kappa shape index (κ2) is 4.33. The van der Waals surface area contributed by atoms with Crippen LogP contribution in [0.4, 0.5) is 0 Å². The van der Waals surface area contributed by atoms with Crippen molar-refractivity contribution in [1.82, 2.24) is 5.32 Å². The molecule has 0 aromatic carbocycles. The second-order valence-corrected chi connectivity index (χ2v) is 4.89. The van der Waals surface area contributed by atoms with E-state index in [-0.39, 0.29) is 5.97 Å². The summed E-state index contributed by atoms with van der Waals surface area (Å²) in [5.41, 5.74) is -0.473. The van der Waals surface area contributed by atoms with Crippen LogP contribution < -0.4 is 5.32 Å². The van der Waals surface area contributed by atoms with Crippen LogP contribution in [0.15, 0.2) is 17.5 Å². The molecule has 1 fully saturated rings. The van der Waals surface area contributed by atoms with Gasteiger partial charge in [0.25, 0.3) is 0 Å². The van der Waals surface area contributed by atoms with E-state index in [1.165, 1.54) is 12.0 Å². The maximum absolute atomic E-state index is 11.8. The van der Waals surface area contributed by atoms with Gasteiger partial charge in [0.1, 0.15) is 5.54 Å². The Morgan fingerprint density at radius 3 is 3.13 bits per heavy atom. The lowest BCUT2D eigenvalue weighted by molar-refractivity contribution is -0.147. The minimum atomic E-state index is -0.473. The highest BCUT2D eigenvalue weighted by atomic mass is 32.1. The Morgan fingerprint density at radius 2 is 2.60 bits per heavy atom. The number of nitrogens with one attached hydrogen (secondary N) is 1. The quantitative estimate of drug-likeness (QED) is 0.794. The molecule has 0 saturated carbocycles. The van der Waals surface area contributed by atoms with Crippen LogP contribution >= 0.6 is 11.3 Å². The van der Waals surface area contributed by atoms with Crippen LogP contribution in [-0.4, -0.2) is 25.2 Å². The summed E-state index contributed by atoms with van der Waals surface area (Å²) in [6, 6.07) is 4.08. The second-order valence-electron chi connectivity index (χ2n) is 3.86. The largest absolute Gasteiger partial charge is 0.468 e. The molecule has 0 spiro atoms. The van der Waals surface area contributed by atoms with E-state index in [2.05, 4.69) is 11.4 Å². The molecular formula is C11H15NO2S. The van der Waals surface area contributed by atoms with Gasteiger partial charge in [0.05, 0.1) is 7.11 Å². The molecule has 1 aliphatic heterocycles. The van der Waals surface area contributed by atoms with Gasteiger partial charge in [0.2, 0.25) is 0 Å². The first-order valence-electron chi connectivity index (χ1n) is 5.13. The summed E-state index contributed by atoms with van der Waals surface area (Å²) in [5, 5.41) is 5.33. The Bertz CT molecular complexity index is 328. The Labute approximate surface area is 93.4 Å². The van der Waals surface area contributed by atoms with Gasteiger partial charge in [-0.15, -0.1) is 11.3 Å². The fourth-order valence-corrected chi connectivity index (χ4v) is 2.93. The molecule has 1 saturated heterocycles. The lowest BCUT2D eigenvalue weighted by Crippen LogP contribution is -2.50. The minimum absolute atomic E-state index is 0.131. The Hall–Kier alpha value is -0.870. The highest BCUT2D eigenvalue weighted by Gasteiger charge is 2.42. The Kier molecular flexibility index (Phi) is 3.07. The standard InChI is InChI=1S/C11H15NO2S/c1-14-10(13)11(5-3-6-12-11)8-9-4-2-7-15-9/h2,4,7,12H,3,5-6,8H2,1H3. The molecule has 1 atom stereocenters. The molecule has 0 aliphatic carbocycles. The summed E-state index contributed by atoms with van der Waals surface area (Å²) >= 11 is 1.69. The predicted octanol–water partition coefficient (Wildman–Crippen LogP) is 1.59. The van der Waals surface area contributed by atoms with Crippen molar-refractivity contribution in [3.8, 4) is 0 Å². The van der Waals surface area contributed by atoms with Crippen molar-refractivity contribution < 1.29 is 9.53 Å². The lowest BCUT2D eigenvalue weighted by Gasteiger charge is -2.25. The predicted molar refractivity (Wildman–Crippen MR) is 60.0 cm³/mol. The van der Waals surface area contributed by atoms with Gasteiger partial charge in [0.15, 0.2) is 0 Å². The van der Waals surface area contributed by atoms with E-state index < -0.39 is 5.54 Å². The molecule has 3 nitrogen and oxygen atoms in total. The zero-order valence-corrected chi connectivity index (χ0v) is 9.60. The van der Waals surface area contributed by atoms with Crippen molar-refractivity contribution in [2.75, 3.05) is 13.7 Å². The van der Waals surface area contributed by atoms with Crippen LogP contribution in [0.1, 0.15) is 17.7 Å². The maximum atomic E-state index is 11.8. The van der Waals surface area contributed by atoms with E-state index in [4.69, 9.17) is 4.74 Å². The van der Waals surface area contributed by atoms with Crippen LogP contribution in [0.3, 0.4) is 0 Å². The van der Waals surface area contributed by atoms with Gasteiger partial charge in [-0.25, -0.2) is 0 Å². The molecule has 2 heterocycles. The topological polar surface area (TPSA) is 38.3 Å². The summed E-state index contributed by atoms with van der Waals surface area (Å²) in [6.45, 7) is 0.903. The third-order valence-electron chi connectivity index (χ3n) is 2.88. The van der Waals surface area contributed by atoms with Gasteiger partial charge in [-0.05, 0) is 30.8 Å². The third-order valence-corrected chi connectivity index (χ3v) is 3.75. The van der Waals surface area contributed by atoms with Gasteiger partial charge >= 0.3 is 5.97 Å². The van der Waals surface area contributed by atoms with E-state index in [9.17, 15) is 4.79 Å². The number of methoxy groups -OCH3 is 1. The van der Waals surface area contributed by atoms with E-state index in [1.54, 1.807) is 11.3 Å². The first kappa shape index (κ1) is 10.6. The maximum Gasteiger partial charge on any atom is 0.326 e. The number of rotatable bonds is 3. The normalized spacial score (nSPS) is 25.4. The molecule has 1 N–H and O–H groups in total. The van der Waals surface area contributed by atoms with E-state index in [0.717, 1.165) is 25.8 Å². The van der Waals surface area contributed by atoms with Crippen molar-refractivity contribution >= 4 is 17.3 Å². The van der Waals surface area contributed by atoms with Crippen LogP contribution in [0.5, 0.6) is 0 Å². The number of ether oxygens (including phenoxy) is 1. The van der Waals surface area contributed by atoms with Gasteiger partial charge in [-0.2, -0.15) is 0 Å². The molecule has 1 unspecified atom stereocenters. The molecule has 2 rings (SSSR count). The summed E-state index contributed by atoms with van der Waals surface area (Å²) in [4.78, 5) is 13.0. The van der Waals surface area contributed by atoms with Gasteiger partial charge in [0, 0.05) is 11.3 Å². The molecule has 1 aliphatic rings. The smallest absolute Gasteiger partial charge is 0.326 e. The fraction of sp³-hybridized carbons (Fsp3) is 0.545. The van der Waals surface area contributed by atoms with E-state index >= 15 is 0 Å². The van der Waals surface area contributed by atoms with E-state index in [0.29, 0.717) is 0 Å². The molecule has 4 heteroatoms. The van der Waals surface area contributed by atoms with Crippen LogP contribution in [0, 0.1) is 0 Å². The van der Waals surface area contributed by atoms with Crippen LogP contribution in [-0.2, 0) is 16.0 Å². The van der Waals surface area contributed by atoms with Crippen molar-refractivity contribution in [3.63, 3.8) is 0 Å². The van der Waals surface area contributed by atoms with Crippen LogP contribution in [0.25, 0.3) is 0 Å². The monoisotopic (exact) mass is 225 g/mol. The highest BCUT2D eigenvalue weighted by molar-refractivity contribution is 7.09. The zero-order chi connectivity index (χ0) is 10.7. The third kappa shape index (κ3) is 2.06. The van der Waals surface area contributed by atoms with Crippen molar-refractivity contribution in [2.45, 2.75) is 24.8 Å². The molecule has 82 valence electrons. The molecule has 15 heavy (non-hydrogen) atoms. The van der Waals surface area contributed by atoms with Crippen molar-refractivity contribution in [3.05, 3.63) is 22.4 Å². The zero-order valence-electron chi connectivity index (χ0n) is 8.79. The molecule has 0 amide bonds. The highest BCUT2D eigenvalue weighted by Crippen LogP contribution is 2.27. The van der Waals surface area contributed by atoms with Gasteiger partial charge < -0.3 is 10.1 Å². The number of carbonyl (C=O) groups excluding carboxylic acids is 1. The van der Waals surface area contributed by atoms with Crippen LogP contribution in [0.2, 0.25) is 0 Å². The van der Waals surface area contributed by atoms with E-state index in [1.807, 2.05) is 11.4 Å². The Balaban J connectivity index is 2.16. The van der Waals surface area contributed by atoms with Gasteiger partial charge in [-0.3, -0.25) is 4.79 Å². The average Bonchev–Trinajstić information content (AvgIpc) is 2.89. The average molecular weight is 225 g/mol. The summed E-state index contributed by atoms with van der Waals surface area (Å²) in [7, 11) is 1.46. The number of carbonyl (C=O) groups is 1.